The highest BCUT2D eigenvalue weighted by molar-refractivity contribution is 5.89. The number of nitrogens with zero attached hydrogens (tertiary/aromatic N) is 4. The topological polar surface area (TPSA) is 106 Å². The first-order chi connectivity index (χ1) is 15.5. The molecule has 0 spiro atoms. The fourth-order valence-corrected chi connectivity index (χ4v) is 4.59. The molecule has 2 aliphatic carbocycles. The van der Waals surface area contributed by atoms with Crippen molar-refractivity contribution in [1.29, 1.82) is 5.26 Å². The summed E-state index contributed by atoms with van der Waals surface area (Å²) in [5.74, 6) is 1.76. The maximum absolute atomic E-state index is 12.3. The molecule has 3 N–H and O–H groups in total. The molecular weight excluding hydrogens is 402 g/mol. The maximum Gasteiger partial charge on any atom is 0.319 e. The summed E-state index contributed by atoms with van der Waals surface area (Å²) in [5.41, 5.74) is 3.63. The lowest BCUT2D eigenvalue weighted by Gasteiger charge is -2.30. The third-order valence-corrected chi connectivity index (χ3v) is 6.23. The van der Waals surface area contributed by atoms with Gasteiger partial charge < -0.3 is 20.9 Å². The minimum Gasteiger partial charge on any atom is -0.362 e. The first kappa shape index (κ1) is 21.9. The average Bonchev–Trinajstić information content (AvgIpc) is 2.80. The smallest absolute Gasteiger partial charge is 0.319 e. The number of carbonyl (C=O) groups excluding carboxylic acids is 1. The molecule has 168 valence electrons. The fourth-order valence-electron chi connectivity index (χ4n) is 4.59. The zero-order valence-electron chi connectivity index (χ0n) is 18.8. The minimum atomic E-state index is -0.231. The molecule has 0 atom stereocenters. The number of fused-ring (bicyclic) bond motifs is 1. The minimum absolute atomic E-state index is 0.133. The van der Waals surface area contributed by atoms with Crippen LogP contribution in [0.15, 0.2) is 24.3 Å². The number of aryl methyl sites for hydroxylation is 1. The SMILES string of the molecule is CN(C)c1nc(N[C@H]2CC[C@@H](NC(=O)Nc3cccc(C#N)c3)CC2)nc2c1CCCC2. The highest BCUT2D eigenvalue weighted by atomic mass is 16.2. The van der Waals surface area contributed by atoms with E-state index in [-0.39, 0.29) is 12.1 Å². The molecule has 1 aromatic carbocycles. The second kappa shape index (κ2) is 9.86. The second-order valence-electron chi connectivity index (χ2n) is 8.88. The van der Waals surface area contributed by atoms with Crippen molar-refractivity contribution in [2.75, 3.05) is 29.6 Å². The Morgan fingerprint density at radius 1 is 1.09 bits per heavy atom. The zero-order chi connectivity index (χ0) is 22.5. The fraction of sp³-hybridized carbons (Fsp3) is 0.500. The van der Waals surface area contributed by atoms with Gasteiger partial charge >= 0.3 is 6.03 Å². The quantitative estimate of drug-likeness (QED) is 0.662. The van der Waals surface area contributed by atoms with Crippen LogP contribution in [0.25, 0.3) is 0 Å². The molecule has 0 unspecified atom stereocenters. The average molecular weight is 434 g/mol. The number of urea groups is 1. The molecule has 2 amide bonds. The van der Waals surface area contributed by atoms with E-state index in [0.29, 0.717) is 17.3 Å². The van der Waals surface area contributed by atoms with Crippen LogP contribution in [-0.2, 0) is 12.8 Å². The van der Waals surface area contributed by atoms with Crippen molar-refractivity contribution >= 4 is 23.5 Å². The van der Waals surface area contributed by atoms with Crippen LogP contribution in [0.5, 0.6) is 0 Å². The van der Waals surface area contributed by atoms with Crippen LogP contribution < -0.4 is 20.9 Å². The van der Waals surface area contributed by atoms with E-state index in [4.69, 9.17) is 15.2 Å². The van der Waals surface area contributed by atoms with Crippen LogP contribution in [0.1, 0.15) is 55.3 Å². The van der Waals surface area contributed by atoms with E-state index >= 15 is 0 Å². The Bertz CT molecular complexity index is 1010. The molecule has 0 bridgehead atoms. The van der Waals surface area contributed by atoms with E-state index in [9.17, 15) is 4.79 Å². The van der Waals surface area contributed by atoms with Gasteiger partial charge in [0.2, 0.25) is 5.95 Å². The molecule has 0 saturated heterocycles. The Hall–Kier alpha value is -3.34. The van der Waals surface area contributed by atoms with Crippen LogP contribution in [0.2, 0.25) is 0 Å². The van der Waals surface area contributed by atoms with Gasteiger partial charge in [0.15, 0.2) is 0 Å². The van der Waals surface area contributed by atoms with Crippen LogP contribution in [-0.4, -0.2) is 42.2 Å². The number of hydrogen-bond acceptors (Lipinski definition) is 6. The lowest BCUT2D eigenvalue weighted by molar-refractivity contribution is 0.243. The Morgan fingerprint density at radius 3 is 2.59 bits per heavy atom. The Labute approximate surface area is 189 Å². The summed E-state index contributed by atoms with van der Waals surface area (Å²) in [6, 6.07) is 9.21. The van der Waals surface area contributed by atoms with E-state index in [1.54, 1.807) is 24.3 Å². The Morgan fingerprint density at radius 2 is 1.84 bits per heavy atom. The summed E-state index contributed by atoms with van der Waals surface area (Å²) < 4.78 is 0. The monoisotopic (exact) mass is 433 g/mol. The standard InChI is InChI=1S/C24H31N7O/c1-31(2)22-20-8-3-4-9-21(20)29-23(30-22)26-17-10-12-18(13-11-17)27-24(32)28-19-7-5-6-16(14-19)15-25/h5-7,14,17-18H,3-4,8-13H2,1-2H3,(H,26,29,30)(H2,27,28,32)/t17-,18+. The third-order valence-electron chi connectivity index (χ3n) is 6.23. The number of nitrogens with one attached hydrogen (secondary N) is 3. The molecule has 1 saturated carbocycles. The molecule has 0 radical (unpaired) electrons. The van der Waals surface area contributed by atoms with E-state index in [0.717, 1.165) is 50.3 Å². The van der Waals surface area contributed by atoms with Gasteiger partial charge in [0.25, 0.3) is 0 Å². The van der Waals surface area contributed by atoms with Crippen molar-refractivity contribution in [3.8, 4) is 6.07 Å². The number of anilines is 3. The van der Waals surface area contributed by atoms with Crippen molar-refractivity contribution in [1.82, 2.24) is 15.3 Å². The van der Waals surface area contributed by atoms with Crippen molar-refractivity contribution in [3.05, 3.63) is 41.1 Å². The summed E-state index contributed by atoms with van der Waals surface area (Å²) in [6.45, 7) is 0. The third kappa shape index (κ3) is 5.28. The summed E-state index contributed by atoms with van der Waals surface area (Å²) >= 11 is 0. The molecule has 1 aromatic heterocycles. The predicted octanol–water partition coefficient (Wildman–Crippen LogP) is 3.84. The lowest BCUT2D eigenvalue weighted by atomic mass is 9.91. The molecule has 32 heavy (non-hydrogen) atoms. The van der Waals surface area contributed by atoms with Crippen molar-refractivity contribution in [2.24, 2.45) is 0 Å². The zero-order valence-corrected chi connectivity index (χ0v) is 18.8. The maximum atomic E-state index is 12.3. The molecule has 2 aromatic rings. The number of amides is 2. The first-order valence-electron chi connectivity index (χ1n) is 11.4. The largest absolute Gasteiger partial charge is 0.362 e. The van der Waals surface area contributed by atoms with Gasteiger partial charge in [0.1, 0.15) is 5.82 Å². The van der Waals surface area contributed by atoms with Crippen molar-refractivity contribution < 1.29 is 4.79 Å². The Kier molecular flexibility index (Phi) is 6.74. The number of benzene rings is 1. The number of carbonyl (C=O) groups is 1. The molecule has 1 heterocycles. The summed E-state index contributed by atoms with van der Waals surface area (Å²) in [7, 11) is 4.08. The van der Waals surface area contributed by atoms with Gasteiger partial charge in [-0.15, -0.1) is 0 Å². The van der Waals surface area contributed by atoms with Crippen LogP contribution >= 0.6 is 0 Å². The highest BCUT2D eigenvalue weighted by Crippen LogP contribution is 2.29. The van der Waals surface area contributed by atoms with Gasteiger partial charge in [-0.25, -0.2) is 9.78 Å². The molecular formula is C24H31N7O. The van der Waals surface area contributed by atoms with Crippen molar-refractivity contribution in [2.45, 2.75) is 63.5 Å². The second-order valence-corrected chi connectivity index (χ2v) is 8.88. The van der Waals surface area contributed by atoms with Gasteiger partial charge in [-0.1, -0.05) is 6.07 Å². The molecule has 2 aliphatic rings. The summed E-state index contributed by atoms with van der Waals surface area (Å²) in [5, 5.41) is 18.4. The van der Waals surface area contributed by atoms with Gasteiger partial charge in [-0.05, 0) is 69.6 Å². The van der Waals surface area contributed by atoms with Gasteiger partial charge in [-0.3, -0.25) is 0 Å². The predicted molar refractivity (Wildman–Crippen MR) is 126 cm³/mol. The number of nitriles is 1. The van der Waals surface area contributed by atoms with E-state index in [1.807, 2.05) is 14.1 Å². The summed E-state index contributed by atoms with van der Waals surface area (Å²) in [6.07, 6.45) is 8.18. The normalized spacial score (nSPS) is 19.9. The summed E-state index contributed by atoms with van der Waals surface area (Å²) in [4.78, 5) is 24.1. The van der Waals surface area contributed by atoms with Gasteiger partial charge in [0.05, 0.1) is 17.3 Å². The molecule has 8 heteroatoms. The molecule has 1 fully saturated rings. The molecule has 8 nitrogen and oxygen atoms in total. The van der Waals surface area contributed by atoms with Crippen molar-refractivity contribution in [3.63, 3.8) is 0 Å². The van der Waals surface area contributed by atoms with Gasteiger partial charge in [0, 0.05) is 37.4 Å². The Balaban J connectivity index is 1.30. The lowest BCUT2D eigenvalue weighted by Crippen LogP contribution is -2.42. The van der Waals surface area contributed by atoms with Gasteiger partial charge in [-0.2, -0.15) is 10.2 Å². The highest BCUT2D eigenvalue weighted by Gasteiger charge is 2.25. The van der Waals surface area contributed by atoms with E-state index in [2.05, 4.69) is 26.9 Å². The molecule has 0 aliphatic heterocycles. The first-order valence-corrected chi connectivity index (χ1v) is 11.4. The van der Waals surface area contributed by atoms with Crippen LogP contribution in [0.3, 0.4) is 0 Å². The molecule has 4 rings (SSSR count). The van der Waals surface area contributed by atoms with Crippen LogP contribution in [0, 0.1) is 11.3 Å². The number of hydrogen-bond donors (Lipinski definition) is 3. The van der Waals surface area contributed by atoms with E-state index < -0.39 is 0 Å². The van der Waals surface area contributed by atoms with Crippen LogP contribution in [0.4, 0.5) is 22.2 Å². The number of aromatic nitrogens is 2. The van der Waals surface area contributed by atoms with E-state index in [1.165, 1.54) is 24.1 Å². The number of rotatable bonds is 5.